The minimum absolute atomic E-state index is 0. The van der Waals surface area contributed by atoms with E-state index in [1.54, 1.807) is 11.3 Å². The second kappa shape index (κ2) is 10.5. The van der Waals surface area contributed by atoms with Crippen molar-refractivity contribution >= 4 is 56.3 Å². The van der Waals surface area contributed by atoms with E-state index >= 15 is 0 Å². The lowest BCUT2D eigenvalue weighted by atomic mass is 10.2. The maximum atomic E-state index is 13.2. The third-order valence-electron chi connectivity index (χ3n) is 5.02. The summed E-state index contributed by atoms with van der Waals surface area (Å²) in [6.07, 6.45) is 1.92. The van der Waals surface area contributed by atoms with E-state index in [0.717, 1.165) is 65.9 Å². The SMILES string of the molecule is CCc1ccc2nc(N(CCCN3CCOCC3)C(=O)c3cccs3)sc2c1.Cl. The number of benzene rings is 1. The third kappa shape index (κ3) is 5.35. The van der Waals surface area contributed by atoms with Gasteiger partial charge in [-0.15, -0.1) is 23.7 Å². The van der Waals surface area contributed by atoms with Crippen LogP contribution in [0.2, 0.25) is 0 Å². The summed E-state index contributed by atoms with van der Waals surface area (Å²) in [4.78, 5) is 23.0. The molecule has 0 saturated carbocycles. The standard InChI is InChI=1S/C21H25N3O2S2.ClH/c1-2-16-6-7-17-19(15-16)28-21(22-17)24(20(25)18-5-3-14-27-18)9-4-8-23-10-12-26-13-11-23;/h3,5-7,14-15H,2,4,8-13H2,1H3;1H. The molecule has 1 amide bonds. The molecule has 1 fully saturated rings. The smallest absolute Gasteiger partial charge is 0.270 e. The minimum atomic E-state index is 0. The molecule has 0 unspecified atom stereocenters. The van der Waals surface area contributed by atoms with Crippen molar-refractivity contribution in [3.05, 3.63) is 46.2 Å². The fraction of sp³-hybridized carbons (Fsp3) is 0.429. The van der Waals surface area contributed by atoms with E-state index in [1.165, 1.54) is 16.9 Å². The number of amides is 1. The Morgan fingerprint density at radius 3 is 2.83 bits per heavy atom. The van der Waals surface area contributed by atoms with E-state index in [4.69, 9.17) is 9.72 Å². The van der Waals surface area contributed by atoms with Gasteiger partial charge in [0.05, 0.1) is 28.3 Å². The van der Waals surface area contributed by atoms with Gasteiger partial charge >= 0.3 is 0 Å². The van der Waals surface area contributed by atoms with Crippen molar-refractivity contribution in [1.29, 1.82) is 0 Å². The number of aromatic nitrogens is 1. The Kier molecular flexibility index (Phi) is 8.03. The number of aryl methyl sites for hydroxylation is 1. The zero-order valence-electron chi connectivity index (χ0n) is 16.5. The van der Waals surface area contributed by atoms with E-state index < -0.39 is 0 Å². The normalized spacial score (nSPS) is 14.7. The van der Waals surface area contributed by atoms with Crippen LogP contribution >= 0.6 is 35.1 Å². The molecule has 156 valence electrons. The van der Waals surface area contributed by atoms with Crippen LogP contribution in [0.15, 0.2) is 35.7 Å². The quantitative estimate of drug-likeness (QED) is 0.521. The highest BCUT2D eigenvalue weighted by Crippen LogP contribution is 2.31. The molecule has 5 nitrogen and oxygen atoms in total. The molecular formula is C21H26ClN3O2S2. The van der Waals surface area contributed by atoms with E-state index in [2.05, 4.69) is 30.0 Å². The number of halogens is 1. The van der Waals surface area contributed by atoms with Gasteiger partial charge in [0.1, 0.15) is 0 Å². The Morgan fingerprint density at radius 2 is 2.10 bits per heavy atom. The Balaban J connectivity index is 0.00000240. The van der Waals surface area contributed by atoms with Gasteiger partial charge in [-0.05, 0) is 42.0 Å². The predicted molar refractivity (Wildman–Crippen MR) is 124 cm³/mol. The van der Waals surface area contributed by atoms with Crippen LogP contribution in [-0.2, 0) is 11.2 Å². The molecule has 1 aliphatic rings. The number of hydrogen-bond donors (Lipinski definition) is 0. The predicted octanol–water partition coefficient (Wildman–Crippen LogP) is 4.71. The largest absolute Gasteiger partial charge is 0.379 e. The van der Waals surface area contributed by atoms with E-state index in [9.17, 15) is 4.79 Å². The molecule has 1 aromatic carbocycles. The summed E-state index contributed by atoms with van der Waals surface area (Å²) in [5, 5.41) is 2.74. The van der Waals surface area contributed by atoms with Gasteiger partial charge in [0.25, 0.3) is 5.91 Å². The summed E-state index contributed by atoms with van der Waals surface area (Å²) in [7, 11) is 0. The first-order chi connectivity index (χ1) is 13.7. The van der Waals surface area contributed by atoms with Gasteiger partial charge in [-0.25, -0.2) is 4.98 Å². The number of fused-ring (bicyclic) bond motifs is 1. The van der Waals surface area contributed by atoms with Crippen LogP contribution in [0.25, 0.3) is 10.2 Å². The average molecular weight is 452 g/mol. The number of carbonyl (C=O) groups excluding carboxylic acids is 1. The topological polar surface area (TPSA) is 45.7 Å². The Bertz CT molecular complexity index is 923. The van der Waals surface area contributed by atoms with Crippen molar-refractivity contribution < 1.29 is 9.53 Å². The molecule has 1 saturated heterocycles. The van der Waals surface area contributed by atoms with Gasteiger partial charge in [-0.1, -0.05) is 30.4 Å². The van der Waals surface area contributed by atoms with Crippen molar-refractivity contribution in [2.45, 2.75) is 19.8 Å². The Labute approximate surface area is 185 Å². The highest BCUT2D eigenvalue weighted by molar-refractivity contribution is 7.22. The van der Waals surface area contributed by atoms with Gasteiger partial charge in [-0.2, -0.15) is 0 Å². The minimum Gasteiger partial charge on any atom is -0.379 e. The van der Waals surface area contributed by atoms with Crippen molar-refractivity contribution in [3.63, 3.8) is 0 Å². The lowest BCUT2D eigenvalue weighted by molar-refractivity contribution is 0.0376. The van der Waals surface area contributed by atoms with Crippen molar-refractivity contribution in [2.24, 2.45) is 0 Å². The number of thiophene rings is 1. The second-order valence-electron chi connectivity index (χ2n) is 6.89. The summed E-state index contributed by atoms with van der Waals surface area (Å²) >= 11 is 3.10. The zero-order valence-corrected chi connectivity index (χ0v) is 19.0. The average Bonchev–Trinajstić information content (AvgIpc) is 3.40. The summed E-state index contributed by atoms with van der Waals surface area (Å²) < 4.78 is 6.57. The molecule has 29 heavy (non-hydrogen) atoms. The summed E-state index contributed by atoms with van der Waals surface area (Å²) in [6.45, 7) is 7.35. The van der Waals surface area contributed by atoms with Crippen LogP contribution in [-0.4, -0.2) is 55.2 Å². The molecule has 1 aliphatic heterocycles. The maximum absolute atomic E-state index is 13.2. The number of anilines is 1. The van der Waals surface area contributed by atoms with Gasteiger partial charge in [0, 0.05) is 26.2 Å². The van der Waals surface area contributed by atoms with Crippen LogP contribution in [0.4, 0.5) is 5.13 Å². The van der Waals surface area contributed by atoms with E-state index in [1.807, 2.05) is 22.4 Å². The summed E-state index contributed by atoms with van der Waals surface area (Å²) in [5.74, 6) is 0.0479. The molecule has 0 spiro atoms. The van der Waals surface area contributed by atoms with E-state index in [-0.39, 0.29) is 18.3 Å². The molecule has 4 rings (SSSR count). The number of rotatable bonds is 7. The molecule has 2 aromatic heterocycles. The Morgan fingerprint density at radius 1 is 1.28 bits per heavy atom. The third-order valence-corrected chi connectivity index (χ3v) is 6.92. The monoisotopic (exact) mass is 451 g/mol. The van der Waals surface area contributed by atoms with Crippen LogP contribution in [0.1, 0.15) is 28.6 Å². The first kappa shape index (κ1) is 22.2. The fourth-order valence-corrected chi connectivity index (χ4v) is 5.11. The van der Waals surface area contributed by atoms with Crippen LogP contribution in [0, 0.1) is 0 Å². The van der Waals surface area contributed by atoms with Crippen LogP contribution in [0.3, 0.4) is 0 Å². The summed E-state index contributed by atoms with van der Waals surface area (Å²) in [6, 6.07) is 10.2. The lowest BCUT2D eigenvalue weighted by Crippen LogP contribution is -2.39. The number of thiazole rings is 1. The molecule has 3 aromatic rings. The molecule has 0 radical (unpaired) electrons. The number of nitrogens with zero attached hydrogens (tertiary/aromatic N) is 3. The lowest BCUT2D eigenvalue weighted by Gasteiger charge is -2.27. The molecule has 0 atom stereocenters. The van der Waals surface area contributed by atoms with Gasteiger partial charge in [-0.3, -0.25) is 14.6 Å². The first-order valence-electron chi connectivity index (χ1n) is 9.79. The van der Waals surface area contributed by atoms with Gasteiger partial charge in [0.2, 0.25) is 0 Å². The molecule has 0 N–H and O–H groups in total. The molecule has 3 heterocycles. The molecule has 0 bridgehead atoms. The van der Waals surface area contributed by atoms with Gasteiger partial charge < -0.3 is 4.74 Å². The molecular weight excluding hydrogens is 426 g/mol. The number of morpholine rings is 1. The van der Waals surface area contributed by atoms with E-state index in [0.29, 0.717) is 6.54 Å². The Hall–Kier alpha value is -1.51. The molecule has 0 aliphatic carbocycles. The second-order valence-corrected chi connectivity index (χ2v) is 8.85. The zero-order chi connectivity index (χ0) is 19.3. The highest BCUT2D eigenvalue weighted by Gasteiger charge is 2.22. The number of carbonyl (C=O) groups is 1. The highest BCUT2D eigenvalue weighted by atomic mass is 35.5. The summed E-state index contributed by atoms with van der Waals surface area (Å²) in [5.41, 5.74) is 2.26. The fourth-order valence-electron chi connectivity index (χ4n) is 3.39. The maximum Gasteiger partial charge on any atom is 0.270 e. The number of ether oxygens (including phenoxy) is 1. The molecule has 8 heteroatoms. The number of hydrogen-bond acceptors (Lipinski definition) is 6. The van der Waals surface area contributed by atoms with Crippen LogP contribution < -0.4 is 4.90 Å². The van der Waals surface area contributed by atoms with Crippen molar-refractivity contribution in [1.82, 2.24) is 9.88 Å². The van der Waals surface area contributed by atoms with Gasteiger partial charge in [0.15, 0.2) is 5.13 Å². The van der Waals surface area contributed by atoms with Crippen molar-refractivity contribution in [2.75, 3.05) is 44.3 Å². The van der Waals surface area contributed by atoms with Crippen LogP contribution in [0.5, 0.6) is 0 Å². The van der Waals surface area contributed by atoms with Crippen molar-refractivity contribution in [3.8, 4) is 0 Å². The first-order valence-corrected chi connectivity index (χ1v) is 11.5.